The number of hydrogen-bond acceptors (Lipinski definition) is 5. The van der Waals surface area contributed by atoms with Crippen LogP contribution in [-0.2, 0) is 15.0 Å². The van der Waals surface area contributed by atoms with Gasteiger partial charge in [-0.2, -0.15) is 0 Å². The third kappa shape index (κ3) is 9.23. The summed E-state index contributed by atoms with van der Waals surface area (Å²) in [6, 6.07) is 9.10. The summed E-state index contributed by atoms with van der Waals surface area (Å²) >= 11 is 1.62. The maximum absolute atomic E-state index is 13.5. The van der Waals surface area contributed by atoms with Gasteiger partial charge in [0.05, 0.1) is 23.2 Å². The minimum absolute atomic E-state index is 0.0398. The molecule has 3 N–H and O–H groups in total. The van der Waals surface area contributed by atoms with Crippen LogP contribution >= 0.6 is 11.3 Å². The Bertz CT molecular complexity index is 1130. The standard InChI is InChI=1S/C27H38N4O2S.C5H8.C2H6/c1-7-18(4)27(6,20-12-9-8-10-13-20)22-16-34-25(29-22)21-14-11-15-31(21)26(33)23(17(2)3)30-24(32)19(5)28;1-3-5-4-2;1-2/h7-10,12-13,16-17,19,21,23H,11,14-15,28H2,1-6H3,(H,30,32);3-4H,1-2,5H2;1-2H3/b18-7+;;/t19-,21-,23?,27?;;/m0../s1. The number of carbonyl (C=O) groups is 2. The summed E-state index contributed by atoms with van der Waals surface area (Å²) in [6.45, 7) is 23.6. The highest BCUT2D eigenvalue weighted by Gasteiger charge is 2.39. The second-order valence-electron chi connectivity index (χ2n) is 10.6. The highest BCUT2D eigenvalue weighted by atomic mass is 32.1. The normalized spacial score (nSPS) is 17.7. The average Bonchev–Trinajstić information content (AvgIpc) is 3.67. The van der Waals surface area contributed by atoms with Crippen molar-refractivity contribution in [2.45, 2.75) is 98.2 Å². The van der Waals surface area contributed by atoms with Crippen molar-refractivity contribution in [3.05, 3.63) is 88.9 Å². The number of rotatable bonds is 10. The summed E-state index contributed by atoms with van der Waals surface area (Å²) in [7, 11) is 0. The largest absolute Gasteiger partial charge is 0.343 e. The lowest BCUT2D eigenvalue weighted by Crippen LogP contribution is -2.54. The lowest BCUT2D eigenvalue weighted by atomic mass is 9.74. The van der Waals surface area contributed by atoms with E-state index in [-0.39, 0.29) is 29.2 Å². The first kappa shape index (κ1) is 36.0. The van der Waals surface area contributed by atoms with Crippen LogP contribution in [0.15, 0.2) is 72.7 Å². The summed E-state index contributed by atoms with van der Waals surface area (Å²) in [4.78, 5) is 32.8. The molecule has 1 aromatic carbocycles. The maximum Gasteiger partial charge on any atom is 0.246 e. The van der Waals surface area contributed by atoms with Crippen LogP contribution in [0.2, 0.25) is 0 Å². The van der Waals surface area contributed by atoms with E-state index in [9.17, 15) is 9.59 Å². The number of amides is 2. The molecule has 1 aliphatic rings. The number of nitrogens with one attached hydrogen (secondary N) is 1. The second kappa shape index (κ2) is 17.7. The van der Waals surface area contributed by atoms with Gasteiger partial charge in [-0.3, -0.25) is 9.59 Å². The second-order valence-corrected chi connectivity index (χ2v) is 11.4. The maximum atomic E-state index is 13.5. The van der Waals surface area contributed by atoms with Crippen LogP contribution in [0.3, 0.4) is 0 Å². The van der Waals surface area contributed by atoms with Gasteiger partial charge in [0.15, 0.2) is 0 Å². The van der Waals surface area contributed by atoms with Crippen molar-refractivity contribution in [1.29, 1.82) is 0 Å². The van der Waals surface area contributed by atoms with Crippen molar-refractivity contribution in [1.82, 2.24) is 15.2 Å². The molecule has 226 valence electrons. The molecule has 1 aliphatic heterocycles. The number of hydrogen-bond donors (Lipinski definition) is 2. The van der Waals surface area contributed by atoms with Gasteiger partial charge in [0.2, 0.25) is 11.8 Å². The van der Waals surface area contributed by atoms with E-state index in [4.69, 9.17) is 10.7 Å². The van der Waals surface area contributed by atoms with E-state index in [0.29, 0.717) is 6.54 Å². The summed E-state index contributed by atoms with van der Waals surface area (Å²) in [5.74, 6) is -0.402. The molecular formula is C34H52N4O2S. The minimum Gasteiger partial charge on any atom is -0.343 e. The fourth-order valence-corrected chi connectivity index (χ4v) is 5.76. The van der Waals surface area contributed by atoms with Crippen LogP contribution in [0, 0.1) is 5.92 Å². The molecule has 1 saturated heterocycles. The van der Waals surface area contributed by atoms with E-state index in [1.54, 1.807) is 18.3 Å². The van der Waals surface area contributed by atoms with E-state index in [0.717, 1.165) is 30.0 Å². The monoisotopic (exact) mass is 580 g/mol. The first-order chi connectivity index (χ1) is 19.5. The number of allylic oxidation sites excluding steroid dienone is 4. The molecule has 4 atom stereocenters. The highest BCUT2D eigenvalue weighted by Crippen LogP contribution is 2.42. The Hall–Kier alpha value is -3.03. The number of nitrogens with two attached hydrogens (primary N) is 1. The Labute approximate surface area is 252 Å². The van der Waals surface area contributed by atoms with E-state index in [2.05, 4.69) is 75.0 Å². The number of thiazole rings is 1. The van der Waals surface area contributed by atoms with E-state index in [1.165, 1.54) is 11.1 Å². The fourth-order valence-electron chi connectivity index (χ4n) is 4.69. The number of benzene rings is 1. The summed E-state index contributed by atoms with van der Waals surface area (Å²) in [6.07, 6.45) is 8.47. The summed E-state index contributed by atoms with van der Waals surface area (Å²) < 4.78 is 0. The van der Waals surface area contributed by atoms with Crippen molar-refractivity contribution in [2.75, 3.05) is 6.54 Å². The quantitative estimate of drug-likeness (QED) is 0.288. The molecule has 2 aromatic rings. The first-order valence-corrected chi connectivity index (χ1v) is 15.6. The molecule has 6 nitrogen and oxygen atoms in total. The topological polar surface area (TPSA) is 88.3 Å². The molecule has 41 heavy (non-hydrogen) atoms. The van der Waals surface area contributed by atoms with E-state index in [1.807, 2.05) is 50.8 Å². The predicted octanol–water partition coefficient (Wildman–Crippen LogP) is 7.34. The van der Waals surface area contributed by atoms with Crippen molar-refractivity contribution in [3.63, 3.8) is 0 Å². The van der Waals surface area contributed by atoms with Gasteiger partial charge in [0.1, 0.15) is 11.0 Å². The van der Waals surface area contributed by atoms with E-state index < -0.39 is 12.1 Å². The Balaban J connectivity index is 0.00000108. The van der Waals surface area contributed by atoms with Crippen molar-refractivity contribution in [3.8, 4) is 0 Å². The highest BCUT2D eigenvalue weighted by molar-refractivity contribution is 7.09. The van der Waals surface area contributed by atoms with Gasteiger partial charge in [-0.15, -0.1) is 24.5 Å². The Morgan fingerprint density at radius 3 is 2.29 bits per heavy atom. The minimum atomic E-state index is -0.657. The molecule has 0 bridgehead atoms. The van der Waals surface area contributed by atoms with Crippen molar-refractivity contribution in [2.24, 2.45) is 11.7 Å². The molecule has 1 aromatic heterocycles. The average molecular weight is 581 g/mol. The van der Waals surface area contributed by atoms with Gasteiger partial charge in [0.25, 0.3) is 0 Å². The molecule has 0 spiro atoms. The third-order valence-electron chi connectivity index (χ3n) is 7.41. The fraction of sp³-hybridized carbons (Fsp3) is 0.500. The van der Waals surface area contributed by atoms with Crippen LogP contribution in [-0.4, -0.2) is 40.3 Å². The lowest BCUT2D eigenvalue weighted by molar-refractivity contribution is -0.138. The zero-order chi connectivity index (χ0) is 31.2. The van der Waals surface area contributed by atoms with Gasteiger partial charge in [-0.25, -0.2) is 4.98 Å². The smallest absolute Gasteiger partial charge is 0.246 e. The SMILES string of the molecule is C/C=C(\C)C(C)(c1ccccc1)c1csc([C@@H]2CCCN2C(=O)C(NC(=O)[C@H](C)N)C(C)C)n1.C=CCC=C.CC. The molecule has 7 heteroatoms. The molecular weight excluding hydrogens is 528 g/mol. The van der Waals surface area contributed by atoms with Crippen LogP contribution in [0.25, 0.3) is 0 Å². The van der Waals surface area contributed by atoms with Crippen LogP contribution in [0.5, 0.6) is 0 Å². The van der Waals surface area contributed by atoms with Gasteiger partial charge in [0, 0.05) is 11.9 Å². The Kier molecular flexibility index (Phi) is 15.5. The molecule has 1 fully saturated rings. The first-order valence-electron chi connectivity index (χ1n) is 14.8. The van der Waals surface area contributed by atoms with Crippen molar-refractivity contribution < 1.29 is 9.59 Å². The molecule has 2 heterocycles. The van der Waals surface area contributed by atoms with Crippen LogP contribution in [0.1, 0.15) is 97.0 Å². The van der Waals surface area contributed by atoms with Crippen molar-refractivity contribution >= 4 is 23.2 Å². The third-order valence-corrected chi connectivity index (χ3v) is 8.35. The number of nitrogens with zero attached hydrogens (tertiary/aromatic N) is 2. The summed E-state index contributed by atoms with van der Waals surface area (Å²) in [5, 5.41) is 5.94. The van der Waals surface area contributed by atoms with Gasteiger partial charge in [-0.05, 0) is 58.4 Å². The number of likely N-dealkylation sites (tertiary alicyclic amines) is 1. The lowest BCUT2D eigenvalue weighted by Gasteiger charge is -2.31. The zero-order valence-corrected chi connectivity index (χ0v) is 27.3. The van der Waals surface area contributed by atoms with Gasteiger partial charge in [-0.1, -0.05) is 81.8 Å². The zero-order valence-electron chi connectivity index (χ0n) is 26.4. The van der Waals surface area contributed by atoms with E-state index >= 15 is 0 Å². The van der Waals surface area contributed by atoms with Crippen LogP contribution < -0.4 is 11.1 Å². The Morgan fingerprint density at radius 1 is 1.20 bits per heavy atom. The Morgan fingerprint density at radius 2 is 1.80 bits per heavy atom. The van der Waals surface area contributed by atoms with Crippen LogP contribution in [0.4, 0.5) is 0 Å². The van der Waals surface area contributed by atoms with Gasteiger partial charge >= 0.3 is 0 Å². The van der Waals surface area contributed by atoms with Gasteiger partial charge < -0.3 is 16.0 Å². The molecule has 2 amide bonds. The summed E-state index contributed by atoms with van der Waals surface area (Å²) in [5.41, 5.74) is 8.81. The molecule has 2 unspecified atom stereocenters. The molecule has 3 rings (SSSR count). The molecule has 0 radical (unpaired) electrons. The molecule has 0 aliphatic carbocycles. The number of aromatic nitrogens is 1. The molecule has 0 saturated carbocycles. The predicted molar refractivity (Wildman–Crippen MR) is 175 cm³/mol. The number of carbonyl (C=O) groups excluding carboxylic acids is 2.